The molecule has 0 bridgehead atoms. The second kappa shape index (κ2) is 7.10. The van der Waals surface area contributed by atoms with E-state index in [1.54, 1.807) is 12.5 Å². The van der Waals surface area contributed by atoms with Crippen LogP contribution in [0.25, 0.3) is 0 Å². The maximum Gasteiger partial charge on any atom is 0.141 e. The van der Waals surface area contributed by atoms with Crippen LogP contribution in [0.5, 0.6) is 5.75 Å². The van der Waals surface area contributed by atoms with Crippen molar-refractivity contribution in [3.8, 4) is 5.75 Å². The third kappa shape index (κ3) is 3.89. The molecule has 0 unspecified atom stereocenters. The van der Waals surface area contributed by atoms with Crippen molar-refractivity contribution < 1.29 is 9.84 Å². The van der Waals surface area contributed by atoms with Gasteiger partial charge in [-0.15, -0.1) is 0 Å². The van der Waals surface area contributed by atoms with Crippen LogP contribution in [0.1, 0.15) is 29.9 Å². The molecular formula is C17H24N4O2. The summed E-state index contributed by atoms with van der Waals surface area (Å²) in [5.74, 6) is 0.758. The van der Waals surface area contributed by atoms with Crippen LogP contribution < -0.4 is 4.74 Å². The Hall–Kier alpha value is -1.92. The van der Waals surface area contributed by atoms with E-state index in [-0.39, 0.29) is 6.10 Å². The van der Waals surface area contributed by atoms with Crippen LogP contribution in [-0.4, -0.2) is 50.3 Å². The number of aliphatic hydroxyl groups is 1. The van der Waals surface area contributed by atoms with Gasteiger partial charge in [-0.3, -0.25) is 9.88 Å². The van der Waals surface area contributed by atoms with Crippen LogP contribution >= 0.6 is 0 Å². The summed E-state index contributed by atoms with van der Waals surface area (Å²) < 4.78 is 6.02. The first-order valence-corrected chi connectivity index (χ1v) is 8.11. The molecule has 2 aromatic rings. The summed E-state index contributed by atoms with van der Waals surface area (Å²) in [6, 6.07) is 3.77. The number of likely N-dealkylation sites (tertiary alicyclic amines) is 1. The van der Waals surface area contributed by atoms with Gasteiger partial charge in [-0.1, -0.05) is 0 Å². The van der Waals surface area contributed by atoms with Gasteiger partial charge >= 0.3 is 0 Å². The van der Waals surface area contributed by atoms with Gasteiger partial charge < -0.3 is 14.8 Å². The van der Waals surface area contributed by atoms with Crippen molar-refractivity contribution in [2.75, 3.05) is 13.1 Å². The van der Waals surface area contributed by atoms with Gasteiger partial charge in [-0.25, -0.2) is 4.98 Å². The van der Waals surface area contributed by atoms with Crippen molar-refractivity contribution in [1.82, 2.24) is 19.9 Å². The smallest absolute Gasteiger partial charge is 0.141 e. The first kappa shape index (κ1) is 16.0. The molecule has 23 heavy (non-hydrogen) atoms. The number of aromatic amines is 1. The van der Waals surface area contributed by atoms with E-state index < -0.39 is 6.10 Å². The molecule has 2 aromatic heterocycles. The molecule has 3 rings (SSSR count). The molecule has 1 aliphatic heterocycles. The summed E-state index contributed by atoms with van der Waals surface area (Å²) in [6.45, 7) is 6.49. The van der Waals surface area contributed by atoms with Gasteiger partial charge in [0.15, 0.2) is 0 Å². The molecule has 3 heterocycles. The maximum atomic E-state index is 10.4. The van der Waals surface area contributed by atoms with Crippen LogP contribution in [0.15, 0.2) is 24.7 Å². The fourth-order valence-electron chi connectivity index (χ4n) is 2.93. The van der Waals surface area contributed by atoms with Gasteiger partial charge in [0.25, 0.3) is 0 Å². The molecule has 124 valence electrons. The molecule has 1 aliphatic rings. The van der Waals surface area contributed by atoms with Gasteiger partial charge in [-0.2, -0.15) is 0 Å². The lowest BCUT2D eigenvalue weighted by Crippen LogP contribution is -2.31. The van der Waals surface area contributed by atoms with Gasteiger partial charge in [0.2, 0.25) is 0 Å². The topological polar surface area (TPSA) is 74.3 Å². The van der Waals surface area contributed by atoms with Crippen LogP contribution in [0.4, 0.5) is 0 Å². The van der Waals surface area contributed by atoms with Gasteiger partial charge in [-0.05, 0) is 38.8 Å². The Morgan fingerprint density at radius 2 is 2.13 bits per heavy atom. The molecule has 2 N–H and O–H groups in total. The van der Waals surface area contributed by atoms with Crippen molar-refractivity contribution in [1.29, 1.82) is 0 Å². The van der Waals surface area contributed by atoms with E-state index in [1.807, 2.05) is 26.0 Å². The van der Waals surface area contributed by atoms with E-state index in [2.05, 4.69) is 19.9 Å². The minimum atomic E-state index is -0.458. The Labute approximate surface area is 136 Å². The lowest BCUT2D eigenvalue weighted by Gasteiger charge is -2.22. The van der Waals surface area contributed by atoms with Crippen LogP contribution in [0.3, 0.4) is 0 Å². The quantitative estimate of drug-likeness (QED) is 0.900. The number of H-pyrrole nitrogens is 1. The fraction of sp³-hybridized carbons (Fsp3) is 0.529. The second-order valence-corrected chi connectivity index (χ2v) is 6.14. The highest BCUT2D eigenvalue weighted by Gasteiger charge is 2.27. The number of aromatic nitrogens is 3. The molecule has 0 saturated carbocycles. The standard InChI is InChI=1S/C17H24N4O2/c1-12-14(20-11-19-12)10-21-8-5-15(22)17(6-9-21)23-16-4-3-7-18-13(16)2/h3-4,7,11,15,17,22H,5-6,8-10H2,1-2H3,(H,19,20)/t15-,17-/m0/s1. The lowest BCUT2D eigenvalue weighted by atomic mass is 10.1. The van der Waals surface area contributed by atoms with E-state index in [0.717, 1.165) is 48.9 Å². The van der Waals surface area contributed by atoms with E-state index >= 15 is 0 Å². The van der Waals surface area contributed by atoms with E-state index in [4.69, 9.17) is 4.74 Å². The Bertz CT molecular complexity index is 643. The predicted octanol–water partition coefficient (Wildman–Crippen LogP) is 1.83. The normalized spacial score (nSPS) is 22.7. The number of nitrogens with zero attached hydrogens (tertiary/aromatic N) is 3. The number of hydrogen-bond acceptors (Lipinski definition) is 5. The number of aliphatic hydroxyl groups excluding tert-OH is 1. The molecular weight excluding hydrogens is 292 g/mol. The van der Waals surface area contributed by atoms with Crippen molar-refractivity contribution in [3.05, 3.63) is 41.7 Å². The minimum absolute atomic E-state index is 0.191. The highest BCUT2D eigenvalue weighted by Crippen LogP contribution is 2.22. The highest BCUT2D eigenvalue weighted by atomic mass is 16.5. The zero-order valence-electron chi connectivity index (χ0n) is 13.7. The Balaban J connectivity index is 1.62. The van der Waals surface area contributed by atoms with Crippen molar-refractivity contribution in [2.24, 2.45) is 0 Å². The first-order valence-electron chi connectivity index (χ1n) is 8.11. The van der Waals surface area contributed by atoms with Crippen LogP contribution in [0, 0.1) is 13.8 Å². The van der Waals surface area contributed by atoms with Gasteiger partial charge in [0.05, 0.1) is 23.8 Å². The van der Waals surface area contributed by atoms with Gasteiger partial charge in [0.1, 0.15) is 11.9 Å². The zero-order chi connectivity index (χ0) is 16.2. The first-order chi connectivity index (χ1) is 11.1. The van der Waals surface area contributed by atoms with Crippen molar-refractivity contribution in [2.45, 2.75) is 45.4 Å². The average molecular weight is 316 g/mol. The molecule has 1 fully saturated rings. The molecule has 0 radical (unpaired) electrons. The SMILES string of the molecule is Cc1ncccc1O[C@H]1CCN(Cc2nc[nH]c2C)CC[C@@H]1O. The fourth-order valence-corrected chi connectivity index (χ4v) is 2.93. The third-order valence-electron chi connectivity index (χ3n) is 4.44. The predicted molar refractivity (Wildman–Crippen MR) is 87.2 cm³/mol. The molecule has 0 spiro atoms. The number of rotatable bonds is 4. The van der Waals surface area contributed by atoms with E-state index in [1.165, 1.54) is 0 Å². The molecule has 6 heteroatoms. The zero-order valence-corrected chi connectivity index (χ0v) is 13.7. The van der Waals surface area contributed by atoms with E-state index in [0.29, 0.717) is 6.42 Å². The number of hydrogen-bond donors (Lipinski definition) is 2. The monoisotopic (exact) mass is 316 g/mol. The summed E-state index contributed by atoms with van der Waals surface area (Å²) in [7, 11) is 0. The Morgan fingerprint density at radius 1 is 1.30 bits per heavy atom. The molecule has 0 aliphatic carbocycles. The van der Waals surface area contributed by atoms with Crippen LogP contribution in [-0.2, 0) is 6.54 Å². The molecule has 0 amide bonds. The van der Waals surface area contributed by atoms with Crippen molar-refractivity contribution in [3.63, 3.8) is 0 Å². The minimum Gasteiger partial charge on any atom is -0.486 e. The summed E-state index contributed by atoms with van der Waals surface area (Å²) in [5.41, 5.74) is 3.03. The number of imidazole rings is 1. The molecule has 6 nitrogen and oxygen atoms in total. The Morgan fingerprint density at radius 3 is 2.87 bits per heavy atom. The largest absolute Gasteiger partial charge is 0.486 e. The third-order valence-corrected chi connectivity index (χ3v) is 4.44. The molecule has 1 saturated heterocycles. The van der Waals surface area contributed by atoms with Crippen LogP contribution in [0.2, 0.25) is 0 Å². The van der Waals surface area contributed by atoms with E-state index in [9.17, 15) is 5.11 Å². The summed E-state index contributed by atoms with van der Waals surface area (Å²) in [6.07, 6.45) is 4.32. The average Bonchev–Trinajstić information content (AvgIpc) is 2.86. The number of nitrogens with one attached hydrogen (secondary N) is 1. The Kier molecular flexibility index (Phi) is 4.93. The number of pyridine rings is 1. The number of aryl methyl sites for hydroxylation is 2. The summed E-state index contributed by atoms with van der Waals surface area (Å²) in [4.78, 5) is 14.0. The summed E-state index contributed by atoms with van der Waals surface area (Å²) in [5, 5.41) is 10.4. The maximum absolute atomic E-state index is 10.4. The summed E-state index contributed by atoms with van der Waals surface area (Å²) >= 11 is 0. The molecule has 2 atom stereocenters. The van der Waals surface area contributed by atoms with Gasteiger partial charge in [0, 0.05) is 31.5 Å². The molecule has 0 aromatic carbocycles. The van der Waals surface area contributed by atoms with Crippen molar-refractivity contribution >= 4 is 0 Å². The highest BCUT2D eigenvalue weighted by molar-refractivity contribution is 5.25. The second-order valence-electron chi connectivity index (χ2n) is 6.14. The lowest BCUT2D eigenvalue weighted by molar-refractivity contribution is 0.0343. The number of ether oxygens (including phenoxy) is 1.